The molecule has 146 valence electrons. The van der Waals surface area contributed by atoms with Crippen molar-refractivity contribution < 1.29 is 4.79 Å². The van der Waals surface area contributed by atoms with E-state index in [9.17, 15) is 4.79 Å². The maximum absolute atomic E-state index is 12.2. The molecule has 1 heteroatoms. The molecule has 0 heterocycles. The Labute approximate surface area is 162 Å². The van der Waals surface area contributed by atoms with Crippen molar-refractivity contribution in [2.45, 2.75) is 92.9 Å². The first kappa shape index (κ1) is 22.7. The smallest absolute Gasteiger partial charge is 0.136 e. The van der Waals surface area contributed by atoms with Crippen molar-refractivity contribution in [2.75, 3.05) is 0 Å². The van der Waals surface area contributed by atoms with Gasteiger partial charge < -0.3 is 0 Å². The second-order valence-corrected chi connectivity index (χ2v) is 8.39. The molecule has 1 saturated carbocycles. The third kappa shape index (κ3) is 8.83. The van der Waals surface area contributed by atoms with Gasteiger partial charge in [-0.2, -0.15) is 0 Å². The van der Waals surface area contributed by atoms with Crippen LogP contribution in [0.3, 0.4) is 0 Å². The molecule has 0 aliphatic heterocycles. The van der Waals surface area contributed by atoms with Gasteiger partial charge in [0.2, 0.25) is 0 Å². The van der Waals surface area contributed by atoms with Crippen LogP contribution in [0.25, 0.3) is 0 Å². The summed E-state index contributed by atoms with van der Waals surface area (Å²) in [6.07, 6.45) is 17.9. The molecule has 0 N–H and O–H groups in total. The summed E-state index contributed by atoms with van der Waals surface area (Å²) in [5, 5.41) is 0. The number of Topliss-reactive ketones (excluding diaryl/α,β-unsaturated/α-hetero) is 1. The SMILES string of the molecule is C/C=C(\C)CC/C=C(\C)CC/C=C(\C)CC(C=C(C)C)C1CCCC1=O. The van der Waals surface area contributed by atoms with Gasteiger partial charge in [-0.05, 0) is 92.4 Å². The summed E-state index contributed by atoms with van der Waals surface area (Å²) in [6.45, 7) is 13.1. The van der Waals surface area contributed by atoms with Gasteiger partial charge in [0, 0.05) is 12.3 Å². The Kier molecular flexibility index (Phi) is 10.5. The van der Waals surface area contributed by atoms with Crippen LogP contribution in [0.1, 0.15) is 92.9 Å². The van der Waals surface area contributed by atoms with Crippen LogP contribution in [0.4, 0.5) is 0 Å². The van der Waals surface area contributed by atoms with Crippen molar-refractivity contribution in [3.8, 4) is 0 Å². The number of hydrogen-bond acceptors (Lipinski definition) is 1. The topological polar surface area (TPSA) is 17.1 Å². The maximum atomic E-state index is 12.2. The number of carbonyl (C=O) groups is 1. The van der Waals surface area contributed by atoms with E-state index >= 15 is 0 Å². The Balaban J connectivity index is 2.52. The van der Waals surface area contributed by atoms with Gasteiger partial charge >= 0.3 is 0 Å². The molecule has 2 unspecified atom stereocenters. The molecule has 1 aliphatic carbocycles. The van der Waals surface area contributed by atoms with E-state index in [2.05, 4.69) is 65.8 Å². The molecular weight excluding hydrogens is 316 g/mol. The molecule has 0 spiro atoms. The van der Waals surface area contributed by atoms with Crippen LogP contribution < -0.4 is 0 Å². The Bertz CT molecular complexity index is 567. The molecule has 26 heavy (non-hydrogen) atoms. The lowest BCUT2D eigenvalue weighted by Gasteiger charge is -2.20. The van der Waals surface area contributed by atoms with E-state index in [4.69, 9.17) is 0 Å². The number of ketones is 1. The fourth-order valence-electron chi connectivity index (χ4n) is 3.83. The van der Waals surface area contributed by atoms with Crippen LogP contribution in [-0.2, 0) is 4.79 Å². The van der Waals surface area contributed by atoms with Crippen LogP contribution >= 0.6 is 0 Å². The van der Waals surface area contributed by atoms with Crippen LogP contribution in [-0.4, -0.2) is 5.78 Å². The molecule has 1 aliphatic rings. The molecular formula is C25H40O. The van der Waals surface area contributed by atoms with Gasteiger partial charge in [-0.3, -0.25) is 4.79 Å². The molecule has 2 atom stereocenters. The first-order valence-electron chi connectivity index (χ1n) is 10.4. The van der Waals surface area contributed by atoms with Gasteiger partial charge in [0.25, 0.3) is 0 Å². The molecule has 0 saturated heterocycles. The van der Waals surface area contributed by atoms with E-state index in [1.54, 1.807) is 0 Å². The Morgan fingerprint density at radius 3 is 2.15 bits per heavy atom. The van der Waals surface area contributed by atoms with Crippen molar-refractivity contribution in [3.05, 3.63) is 46.6 Å². The average Bonchev–Trinajstić information content (AvgIpc) is 2.99. The van der Waals surface area contributed by atoms with E-state index in [1.807, 2.05) is 0 Å². The van der Waals surface area contributed by atoms with E-state index in [1.165, 1.54) is 28.7 Å². The minimum Gasteiger partial charge on any atom is -0.299 e. The predicted molar refractivity (Wildman–Crippen MR) is 115 cm³/mol. The molecule has 0 aromatic rings. The third-order valence-corrected chi connectivity index (χ3v) is 5.53. The van der Waals surface area contributed by atoms with Crippen molar-refractivity contribution in [3.63, 3.8) is 0 Å². The Morgan fingerprint density at radius 1 is 1.00 bits per heavy atom. The lowest BCUT2D eigenvalue weighted by molar-refractivity contribution is -0.121. The minimum atomic E-state index is 0.254. The summed E-state index contributed by atoms with van der Waals surface area (Å²) in [5.74, 6) is 1.13. The molecule has 1 rings (SSSR count). The highest BCUT2D eigenvalue weighted by Crippen LogP contribution is 2.33. The van der Waals surface area contributed by atoms with Crippen LogP contribution in [0.2, 0.25) is 0 Å². The highest BCUT2D eigenvalue weighted by molar-refractivity contribution is 5.83. The largest absolute Gasteiger partial charge is 0.299 e. The predicted octanol–water partition coefficient (Wildman–Crippen LogP) is 7.75. The first-order chi connectivity index (χ1) is 12.3. The van der Waals surface area contributed by atoms with Gasteiger partial charge in [-0.1, -0.05) is 46.6 Å². The zero-order valence-corrected chi connectivity index (χ0v) is 18.0. The van der Waals surface area contributed by atoms with E-state index in [-0.39, 0.29) is 5.92 Å². The highest BCUT2D eigenvalue weighted by Gasteiger charge is 2.30. The van der Waals surface area contributed by atoms with Crippen molar-refractivity contribution in [2.24, 2.45) is 11.8 Å². The molecule has 0 aromatic heterocycles. The highest BCUT2D eigenvalue weighted by atomic mass is 16.1. The normalized spacial score (nSPS) is 20.5. The average molecular weight is 357 g/mol. The number of hydrogen-bond donors (Lipinski definition) is 0. The van der Waals surface area contributed by atoms with Crippen LogP contribution in [0, 0.1) is 11.8 Å². The zero-order valence-electron chi connectivity index (χ0n) is 18.0. The number of rotatable bonds is 10. The molecule has 0 aromatic carbocycles. The zero-order chi connectivity index (χ0) is 19.5. The lowest BCUT2D eigenvalue weighted by Crippen LogP contribution is -2.17. The van der Waals surface area contributed by atoms with E-state index in [0.717, 1.165) is 44.9 Å². The summed E-state index contributed by atoms with van der Waals surface area (Å²) >= 11 is 0. The number of allylic oxidation sites excluding steroid dienone is 8. The van der Waals surface area contributed by atoms with Gasteiger partial charge in [0.05, 0.1) is 0 Å². The van der Waals surface area contributed by atoms with E-state index in [0.29, 0.717) is 11.7 Å². The lowest BCUT2D eigenvalue weighted by atomic mass is 9.84. The van der Waals surface area contributed by atoms with Crippen LogP contribution in [0.15, 0.2) is 46.6 Å². The monoisotopic (exact) mass is 356 g/mol. The molecule has 0 radical (unpaired) electrons. The Hall–Kier alpha value is -1.37. The molecule has 1 nitrogen and oxygen atoms in total. The van der Waals surface area contributed by atoms with Crippen molar-refractivity contribution >= 4 is 5.78 Å². The summed E-state index contributed by atoms with van der Waals surface area (Å²) in [4.78, 5) is 12.2. The van der Waals surface area contributed by atoms with Crippen molar-refractivity contribution in [1.29, 1.82) is 0 Å². The second-order valence-electron chi connectivity index (χ2n) is 8.39. The molecule has 1 fully saturated rings. The van der Waals surface area contributed by atoms with Gasteiger partial charge in [-0.25, -0.2) is 0 Å². The summed E-state index contributed by atoms with van der Waals surface area (Å²) in [5.41, 5.74) is 5.73. The number of carbonyl (C=O) groups excluding carboxylic acids is 1. The molecule has 0 amide bonds. The third-order valence-electron chi connectivity index (χ3n) is 5.53. The van der Waals surface area contributed by atoms with E-state index < -0.39 is 0 Å². The first-order valence-corrected chi connectivity index (χ1v) is 10.4. The van der Waals surface area contributed by atoms with Gasteiger partial charge in [-0.15, -0.1) is 0 Å². The summed E-state index contributed by atoms with van der Waals surface area (Å²) in [7, 11) is 0. The van der Waals surface area contributed by atoms with Gasteiger partial charge in [0.1, 0.15) is 5.78 Å². The maximum Gasteiger partial charge on any atom is 0.136 e. The van der Waals surface area contributed by atoms with Crippen LogP contribution in [0.5, 0.6) is 0 Å². The Morgan fingerprint density at radius 2 is 1.62 bits per heavy atom. The van der Waals surface area contributed by atoms with Gasteiger partial charge in [0.15, 0.2) is 0 Å². The fourth-order valence-corrected chi connectivity index (χ4v) is 3.83. The molecule has 0 bridgehead atoms. The second kappa shape index (κ2) is 12.1. The minimum absolute atomic E-state index is 0.254. The summed E-state index contributed by atoms with van der Waals surface area (Å²) < 4.78 is 0. The standard InChI is InChI=1S/C25H40O/c1-7-20(4)11-8-12-21(5)13-9-14-22(6)18-23(17-19(2)3)24-15-10-16-25(24)26/h7,12,14,17,23-24H,8-11,13,15-16,18H2,1-6H3/b20-7+,21-12+,22-14+. The summed E-state index contributed by atoms with van der Waals surface area (Å²) in [6, 6.07) is 0. The fraction of sp³-hybridized carbons (Fsp3) is 0.640. The van der Waals surface area contributed by atoms with Crippen molar-refractivity contribution in [1.82, 2.24) is 0 Å². The quantitative estimate of drug-likeness (QED) is 0.366.